The molecule has 30 heavy (non-hydrogen) atoms. The second-order valence-electron chi connectivity index (χ2n) is 8.41. The Labute approximate surface area is 175 Å². The van der Waals surface area contributed by atoms with Crippen LogP contribution in [0.5, 0.6) is 5.88 Å². The van der Waals surface area contributed by atoms with Gasteiger partial charge in [-0.2, -0.15) is 0 Å². The number of hydrogen-bond acceptors (Lipinski definition) is 5. The number of anilines is 1. The van der Waals surface area contributed by atoms with Gasteiger partial charge in [-0.05, 0) is 43.2 Å². The van der Waals surface area contributed by atoms with E-state index in [0.29, 0.717) is 30.6 Å². The maximum Gasteiger partial charge on any atom is 0.270 e. The summed E-state index contributed by atoms with van der Waals surface area (Å²) in [5.74, 6) is -2.81. The van der Waals surface area contributed by atoms with E-state index in [0.717, 1.165) is 25.7 Å². The van der Waals surface area contributed by atoms with Crippen LogP contribution in [0.15, 0.2) is 12.1 Å². The quantitative estimate of drug-likeness (QED) is 0.635. The highest BCUT2D eigenvalue weighted by Gasteiger charge is 2.39. The summed E-state index contributed by atoms with van der Waals surface area (Å²) in [6, 6.07) is 2.32. The molecule has 7 nitrogen and oxygen atoms in total. The fourth-order valence-electron chi connectivity index (χ4n) is 3.49. The van der Waals surface area contributed by atoms with E-state index in [9.17, 15) is 18.4 Å². The van der Waals surface area contributed by atoms with Crippen molar-refractivity contribution in [2.24, 2.45) is 17.6 Å². The molecule has 3 fully saturated rings. The highest BCUT2D eigenvalue weighted by molar-refractivity contribution is 5.96. The largest absolute Gasteiger partial charge is 0.476 e. The number of carbonyl (C=O) groups is 2. The number of carbonyl (C=O) groups excluding carboxylic acids is 2. The lowest BCUT2D eigenvalue weighted by molar-refractivity contribution is -0.120. The first-order valence-corrected chi connectivity index (χ1v) is 10.2. The van der Waals surface area contributed by atoms with Crippen molar-refractivity contribution in [2.45, 2.75) is 57.9 Å². The minimum atomic E-state index is -2.75. The van der Waals surface area contributed by atoms with E-state index in [-0.39, 0.29) is 32.0 Å². The Morgan fingerprint density at radius 1 is 1.27 bits per heavy atom. The number of aromatic nitrogens is 1. The van der Waals surface area contributed by atoms with Gasteiger partial charge >= 0.3 is 0 Å². The summed E-state index contributed by atoms with van der Waals surface area (Å²) >= 11 is 0. The second kappa shape index (κ2) is 8.73. The van der Waals surface area contributed by atoms with Gasteiger partial charge in [0.15, 0.2) is 0 Å². The van der Waals surface area contributed by atoms with Crippen LogP contribution in [0.4, 0.5) is 14.5 Å². The molecule has 1 saturated heterocycles. The third-order valence-electron chi connectivity index (χ3n) is 5.65. The van der Waals surface area contributed by atoms with Gasteiger partial charge in [0.25, 0.3) is 11.8 Å². The number of primary amides is 1. The normalized spacial score (nSPS) is 20.9. The number of ether oxygens (including phenoxy) is 1. The topological polar surface area (TPSA) is 97.5 Å². The molecule has 0 spiro atoms. The van der Waals surface area contributed by atoms with Crippen LogP contribution >= 0.6 is 0 Å². The van der Waals surface area contributed by atoms with Crippen LogP contribution < -0.4 is 20.7 Å². The van der Waals surface area contributed by atoms with Crippen molar-refractivity contribution in [3.8, 4) is 5.88 Å². The number of halogens is 2. The van der Waals surface area contributed by atoms with Crippen molar-refractivity contribution in [3.05, 3.63) is 17.8 Å². The van der Waals surface area contributed by atoms with Crippen molar-refractivity contribution >= 4 is 17.5 Å². The number of nitrogens with zero attached hydrogens (tertiary/aromatic N) is 2. The Morgan fingerprint density at radius 2 is 1.97 bits per heavy atom. The fraction of sp³-hybridized carbons (Fsp3) is 0.667. The van der Waals surface area contributed by atoms with E-state index in [4.69, 9.17) is 10.5 Å². The third kappa shape index (κ3) is 5.58. The molecule has 166 valence electrons. The molecule has 3 aliphatic rings. The molecule has 9 heteroatoms. The molecule has 2 aliphatic carbocycles. The Kier molecular flexibility index (Phi) is 6.47. The summed E-state index contributed by atoms with van der Waals surface area (Å²) in [5.41, 5.74) is 5.95. The molecule has 0 aromatic carbocycles. The van der Waals surface area contributed by atoms with Gasteiger partial charge in [-0.1, -0.05) is 20.3 Å². The minimum Gasteiger partial charge on any atom is -0.476 e. The zero-order valence-corrected chi connectivity index (χ0v) is 16.2. The fourth-order valence-corrected chi connectivity index (χ4v) is 3.49. The van der Waals surface area contributed by atoms with Crippen LogP contribution in [0.25, 0.3) is 0 Å². The predicted octanol–water partition coefficient (Wildman–Crippen LogP) is 2.74. The van der Waals surface area contributed by atoms with Gasteiger partial charge in [-0.25, -0.2) is 13.8 Å². The lowest BCUT2D eigenvalue weighted by Gasteiger charge is -2.22. The summed E-state index contributed by atoms with van der Waals surface area (Å²) < 4.78 is 33.1. The zero-order valence-electron chi connectivity index (χ0n) is 16.2. The standard InChI is InChI=1S/C20H26F2N4O3.CH4/c21-20(22)7-8-26(11-20)16-6-5-14(25-19(16)29-10-13-3-4-13)18(28)24-15(17(23)27)9-12-1-2-12;/h5-6,12-13,15H,1-4,7-11H2,(H2,23,27)(H,24,28);1H4/t15-;/m0./s1. The maximum absolute atomic E-state index is 13.7. The minimum absolute atomic E-state index is 0. The number of hydrogen-bond donors (Lipinski definition) is 2. The number of pyridine rings is 1. The van der Waals surface area contributed by atoms with E-state index in [2.05, 4.69) is 10.3 Å². The summed E-state index contributed by atoms with van der Waals surface area (Å²) in [4.78, 5) is 30.1. The summed E-state index contributed by atoms with van der Waals surface area (Å²) in [5, 5.41) is 2.65. The smallest absolute Gasteiger partial charge is 0.270 e. The molecular weight excluding hydrogens is 394 g/mol. The van der Waals surface area contributed by atoms with Crippen molar-refractivity contribution < 1.29 is 23.1 Å². The molecule has 1 atom stereocenters. The van der Waals surface area contributed by atoms with Crippen molar-refractivity contribution in [3.63, 3.8) is 0 Å². The van der Waals surface area contributed by atoms with Gasteiger partial charge in [0.05, 0.1) is 13.2 Å². The highest BCUT2D eigenvalue weighted by Crippen LogP contribution is 2.37. The molecule has 2 saturated carbocycles. The van der Waals surface area contributed by atoms with E-state index in [1.807, 2.05) is 0 Å². The van der Waals surface area contributed by atoms with E-state index >= 15 is 0 Å². The zero-order chi connectivity index (χ0) is 20.6. The number of nitrogens with one attached hydrogen (secondary N) is 1. The molecule has 2 amide bonds. The molecule has 1 aliphatic heterocycles. The monoisotopic (exact) mass is 424 g/mol. The molecule has 0 radical (unpaired) electrons. The lowest BCUT2D eigenvalue weighted by Crippen LogP contribution is -2.45. The number of alkyl halides is 2. The van der Waals surface area contributed by atoms with E-state index < -0.39 is 30.3 Å². The van der Waals surface area contributed by atoms with Gasteiger partial charge in [0.1, 0.15) is 17.4 Å². The van der Waals surface area contributed by atoms with Gasteiger partial charge in [-0.15, -0.1) is 0 Å². The lowest BCUT2D eigenvalue weighted by atomic mass is 10.1. The van der Waals surface area contributed by atoms with Gasteiger partial charge in [0.2, 0.25) is 11.8 Å². The highest BCUT2D eigenvalue weighted by atomic mass is 19.3. The summed E-state index contributed by atoms with van der Waals surface area (Å²) in [6.45, 7) is 0.247. The van der Waals surface area contributed by atoms with Crippen molar-refractivity contribution in [2.75, 3.05) is 24.6 Å². The molecule has 0 unspecified atom stereocenters. The van der Waals surface area contributed by atoms with E-state index in [1.54, 1.807) is 6.07 Å². The number of rotatable bonds is 9. The molecule has 2 heterocycles. The second-order valence-corrected chi connectivity index (χ2v) is 8.41. The van der Waals surface area contributed by atoms with Gasteiger partial charge in [-0.3, -0.25) is 9.59 Å². The van der Waals surface area contributed by atoms with Crippen LogP contribution in [-0.4, -0.2) is 48.5 Å². The molecule has 1 aromatic rings. The molecule has 4 rings (SSSR count). The predicted molar refractivity (Wildman–Crippen MR) is 109 cm³/mol. The first kappa shape index (κ1) is 22.2. The summed E-state index contributed by atoms with van der Waals surface area (Å²) in [6.07, 6.45) is 4.50. The average Bonchev–Trinajstić information content (AvgIpc) is 3.59. The van der Waals surface area contributed by atoms with Crippen LogP contribution in [-0.2, 0) is 4.79 Å². The maximum atomic E-state index is 13.7. The molecular formula is C21H30F2N4O3. The number of amides is 2. The Morgan fingerprint density at radius 3 is 2.53 bits per heavy atom. The van der Waals surface area contributed by atoms with Crippen molar-refractivity contribution in [1.29, 1.82) is 0 Å². The first-order valence-electron chi connectivity index (χ1n) is 10.2. The Balaban J connectivity index is 0.00000256. The van der Waals surface area contributed by atoms with Crippen LogP contribution in [0.1, 0.15) is 56.4 Å². The van der Waals surface area contributed by atoms with Gasteiger partial charge in [0, 0.05) is 13.0 Å². The molecule has 3 N–H and O–H groups in total. The summed E-state index contributed by atoms with van der Waals surface area (Å²) in [7, 11) is 0. The van der Waals surface area contributed by atoms with Crippen LogP contribution in [0, 0.1) is 11.8 Å². The third-order valence-corrected chi connectivity index (χ3v) is 5.65. The Bertz CT molecular complexity index is 796. The average molecular weight is 424 g/mol. The first-order chi connectivity index (χ1) is 13.8. The molecule has 0 bridgehead atoms. The number of nitrogens with two attached hydrogens (primary N) is 1. The SMILES string of the molecule is C.NC(=O)[C@H](CC1CC1)NC(=O)c1ccc(N2CCC(F)(F)C2)c(OCC2CC2)n1. The van der Waals surface area contributed by atoms with E-state index in [1.165, 1.54) is 11.0 Å². The Hall–Kier alpha value is -2.45. The van der Waals surface area contributed by atoms with Crippen LogP contribution in [0.2, 0.25) is 0 Å². The molecule has 1 aromatic heterocycles. The van der Waals surface area contributed by atoms with Crippen LogP contribution in [0.3, 0.4) is 0 Å². The van der Waals surface area contributed by atoms with Gasteiger partial charge < -0.3 is 20.7 Å². The van der Waals surface area contributed by atoms with Crippen molar-refractivity contribution in [1.82, 2.24) is 10.3 Å².